The molecule has 1 aromatic heterocycles. The Labute approximate surface area is 95.7 Å². The lowest BCUT2D eigenvalue weighted by atomic mass is 9.99. The monoisotopic (exact) mass is 216 g/mol. The van der Waals surface area contributed by atoms with Gasteiger partial charge in [0.15, 0.2) is 0 Å². The number of hydrogen-bond acceptors (Lipinski definition) is 4. The van der Waals surface area contributed by atoms with Gasteiger partial charge in [0.25, 0.3) is 0 Å². The summed E-state index contributed by atoms with van der Waals surface area (Å²) in [7, 11) is 0. The van der Waals surface area contributed by atoms with Crippen molar-refractivity contribution in [3.8, 4) is 6.07 Å². The maximum Gasteiger partial charge on any atom is 0.130 e. The van der Waals surface area contributed by atoms with E-state index in [0.29, 0.717) is 17.6 Å². The van der Waals surface area contributed by atoms with E-state index in [-0.39, 0.29) is 0 Å². The fraction of sp³-hybridized carbons (Fsp3) is 0.500. The molecule has 2 N–H and O–H groups in total. The molecule has 2 atom stereocenters. The normalized spacial score (nSPS) is 25.2. The number of piperidine rings is 1. The molecule has 0 bridgehead atoms. The van der Waals surface area contributed by atoms with Gasteiger partial charge in [0.2, 0.25) is 0 Å². The Balaban J connectivity index is 2.20. The Hall–Kier alpha value is -1.60. The number of aromatic nitrogens is 1. The van der Waals surface area contributed by atoms with Gasteiger partial charge in [0.1, 0.15) is 5.82 Å². The predicted molar refractivity (Wildman–Crippen MR) is 63.0 cm³/mol. The minimum absolute atomic E-state index is 0.297. The Kier molecular flexibility index (Phi) is 3.07. The van der Waals surface area contributed by atoms with Crippen LogP contribution in [0.1, 0.15) is 25.3 Å². The molecule has 0 aromatic carbocycles. The number of hydrogen-bond donors (Lipinski definition) is 1. The summed E-state index contributed by atoms with van der Waals surface area (Å²) >= 11 is 0. The van der Waals surface area contributed by atoms with Crippen molar-refractivity contribution in [3.05, 3.63) is 23.9 Å². The van der Waals surface area contributed by atoms with Gasteiger partial charge in [-0.05, 0) is 31.9 Å². The van der Waals surface area contributed by atoms with Crippen molar-refractivity contribution >= 4 is 5.82 Å². The molecule has 0 amide bonds. The van der Waals surface area contributed by atoms with Crippen molar-refractivity contribution in [2.75, 3.05) is 11.4 Å². The third-order valence-corrected chi connectivity index (χ3v) is 3.09. The Bertz CT molecular complexity index is 410. The van der Waals surface area contributed by atoms with E-state index in [9.17, 15) is 0 Å². The molecule has 4 nitrogen and oxygen atoms in total. The van der Waals surface area contributed by atoms with Crippen molar-refractivity contribution in [1.82, 2.24) is 4.98 Å². The molecule has 1 aliphatic rings. The molecule has 1 aliphatic heterocycles. The van der Waals surface area contributed by atoms with Crippen molar-refractivity contribution in [2.45, 2.75) is 31.8 Å². The second-order valence-electron chi connectivity index (χ2n) is 4.34. The average molecular weight is 216 g/mol. The van der Waals surface area contributed by atoms with Crippen LogP contribution in [0.2, 0.25) is 0 Å². The molecule has 0 spiro atoms. The van der Waals surface area contributed by atoms with Crippen LogP contribution in [0.4, 0.5) is 5.82 Å². The van der Waals surface area contributed by atoms with Crippen LogP contribution in [0.3, 0.4) is 0 Å². The molecule has 16 heavy (non-hydrogen) atoms. The van der Waals surface area contributed by atoms with Gasteiger partial charge in [-0.3, -0.25) is 0 Å². The topological polar surface area (TPSA) is 65.9 Å². The van der Waals surface area contributed by atoms with Crippen LogP contribution in [0.15, 0.2) is 18.3 Å². The molecule has 2 rings (SSSR count). The summed E-state index contributed by atoms with van der Waals surface area (Å²) in [5.74, 6) is 0.887. The molecule has 2 heterocycles. The van der Waals surface area contributed by atoms with Crippen LogP contribution in [0, 0.1) is 11.3 Å². The lowest BCUT2D eigenvalue weighted by Crippen LogP contribution is -2.46. The number of rotatable bonds is 1. The smallest absolute Gasteiger partial charge is 0.130 e. The second-order valence-corrected chi connectivity index (χ2v) is 4.34. The second kappa shape index (κ2) is 4.50. The molecule has 4 heteroatoms. The summed E-state index contributed by atoms with van der Waals surface area (Å²) in [6, 6.07) is 6.40. The lowest BCUT2D eigenvalue weighted by Gasteiger charge is -2.37. The number of nitriles is 1. The third-order valence-electron chi connectivity index (χ3n) is 3.09. The van der Waals surface area contributed by atoms with E-state index >= 15 is 0 Å². The minimum Gasteiger partial charge on any atom is -0.354 e. The van der Waals surface area contributed by atoms with E-state index in [1.165, 1.54) is 0 Å². The SMILES string of the molecule is CC1CC(N)CCN1c1cc(C#N)ccn1. The molecular formula is C12H16N4. The number of nitrogens with two attached hydrogens (primary N) is 1. The van der Waals surface area contributed by atoms with E-state index in [2.05, 4.69) is 22.9 Å². The fourth-order valence-corrected chi connectivity index (χ4v) is 2.19. The van der Waals surface area contributed by atoms with Crippen LogP contribution in [0.25, 0.3) is 0 Å². The summed E-state index contributed by atoms with van der Waals surface area (Å²) < 4.78 is 0. The van der Waals surface area contributed by atoms with Crippen LogP contribution >= 0.6 is 0 Å². The van der Waals surface area contributed by atoms with Gasteiger partial charge >= 0.3 is 0 Å². The van der Waals surface area contributed by atoms with Crippen LogP contribution in [-0.2, 0) is 0 Å². The molecular weight excluding hydrogens is 200 g/mol. The highest BCUT2D eigenvalue weighted by Crippen LogP contribution is 2.22. The minimum atomic E-state index is 0.297. The number of pyridine rings is 1. The van der Waals surface area contributed by atoms with Crippen molar-refractivity contribution in [1.29, 1.82) is 5.26 Å². The van der Waals surface area contributed by atoms with E-state index in [4.69, 9.17) is 11.0 Å². The molecule has 0 saturated carbocycles. The first kappa shape index (κ1) is 10.9. The highest BCUT2D eigenvalue weighted by atomic mass is 15.2. The highest BCUT2D eigenvalue weighted by molar-refractivity contribution is 5.46. The molecule has 0 radical (unpaired) electrons. The lowest BCUT2D eigenvalue weighted by molar-refractivity contribution is 0.427. The summed E-state index contributed by atoms with van der Waals surface area (Å²) in [6.07, 6.45) is 3.66. The molecule has 0 aliphatic carbocycles. The fourth-order valence-electron chi connectivity index (χ4n) is 2.19. The van der Waals surface area contributed by atoms with E-state index in [1.54, 1.807) is 12.3 Å². The largest absolute Gasteiger partial charge is 0.354 e. The molecule has 2 unspecified atom stereocenters. The predicted octanol–water partition coefficient (Wildman–Crippen LogP) is 1.27. The van der Waals surface area contributed by atoms with Crippen LogP contribution in [-0.4, -0.2) is 23.6 Å². The Morgan fingerprint density at radius 1 is 1.62 bits per heavy atom. The maximum atomic E-state index is 8.85. The third kappa shape index (κ3) is 2.15. The quantitative estimate of drug-likeness (QED) is 0.767. The standard InChI is InChI=1S/C12H16N4/c1-9-6-11(14)3-5-16(9)12-7-10(8-13)2-4-15-12/h2,4,7,9,11H,3,5-6,14H2,1H3. The first-order chi connectivity index (χ1) is 7.70. The summed E-state index contributed by atoms with van der Waals surface area (Å²) in [4.78, 5) is 6.55. The van der Waals surface area contributed by atoms with E-state index in [1.807, 2.05) is 6.07 Å². The van der Waals surface area contributed by atoms with Gasteiger partial charge in [0, 0.05) is 24.8 Å². The average Bonchev–Trinajstić information content (AvgIpc) is 2.29. The Morgan fingerprint density at radius 2 is 2.44 bits per heavy atom. The van der Waals surface area contributed by atoms with Crippen molar-refractivity contribution in [2.24, 2.45) is 5.73 Å². The zero-order chi connectivity index (χ0) is 11.5. The summed E-state index contributed by atoms with van der Waals surface area (Å²) in [6.45, 7) is 3.07. The molecule has 1 fully saturated rings. The first-order valence-corrected chi connectivity index (χ1v) is 5.59. The van der Waals surface area contributed by atoms with Gasteiger partial charge < -0.3 is 10.6 Å². The zero-order valence-corrected chi connectivity index (χ0v) is 9.43. The van der Waals surface area contributed by atoms with Crippen molar-refractivity contribution in [3.63, 3.8) is 0 Å². The highest BCUT2D eigenvalue weighted by Gasteiger charge is 2.24. The summed E-state index contributed by atoms with van der Waals surface area (Å²) in [5, 5.41) is 8.85. The van der Waals surface area contributed by atoms with Gasteiger partial charge in [-0.15, -0.1) is 0 Å². The Morgan fingerprint density at radius 3 is 3.12 bits per heavy atom. The van der Waals surface area contributed by atoms with Crippen molar-refractivity contribution < 1.29 is 0 Å². The number of anilines is 1. The van der Waals surface area contributed by atoms with E-state index < -0.39 is 0 Å². The van der Waals surface area contributed by atoms with E-state index in [0.717, 1.165) is 25.2 Å². The summed E-state index contributed by atoms with van der Waals surface area (Å²) in [5.41, 5.74) is 6.58. The maximum absolute atomic E-state index is 8.85. The van der Waals surface area contributed by atoms with Crippen LogP contribution < -0.4 is 10.6 Å². The van der Waals surface area contributed by atoms with Gasteiger partial charge in [0.05, 0.1) is 11.6 Å². The number of nitrogens with zero attached hydrogens (tertiary/aromatic N) is 3. The van der Waals surface area contributed by atoms with Gasteiger partial charge in [-0.1, -0.05) is 0 Å². The zero-order valence-electron chi connectivity index (χ0n) is 9.43. The molecule has 1 aromatic rings. The first-order valence-electron chi connectivity index (χ1n) is 5.59. The van der Waals surface area contributed by atoms with Crippen LogP contribution in [0.5, 0.6) is 0 Å². The molecule has 84 valence electrons. The van der Waals surface area contributed by atoms with Gasteiger partial charge in [-0.2, -0.15) is 5.26 Å². The van der Waals surface area contributed by atoms with Gasteiger partial charge in [-0.25, -0.2) is 4.98 Å². The molecule has 1 saturated heterocycles.